The van der Waals surface area contributed by atoms with Crippen molar-refractivity contribution in [3.8, 4) is 0 Å². The summed E-state index contributed by atoms with van der Waals surface area (Å²) in [7, 11) is 0. The number of rotatable bonds is 1. The zero-order chi connectivity index (χ0) is 7.56. The topological polar surface area (TPSA) is 46.3 Å². The molecule has 3 heteroatoms. The van der Waals surface area contributed by atoms with E-state index in [2.05, 4.69) is 6.58 Å². The van der Waals surface area contributed by atoms with Gasteiger partial charge in [0, 0.05) is 6.54 Å². The number of hydrogen-bond donors (Lipinski definition) is 1. The molecule has 0 spiro atoms. The highest BCUT2D eigenvalue weighted by Crippen LogP contribution is 2.16. The van der Waals surface area contributed by atoms with Gasteiger partial charge < -0.3 is 10.6 Å². The lowest BCUT2D eigenvalue weighted by atomic mass is 10.2. The molecule has 0 radical (unpaired) electrons. The Labute approximate surface area is 60.5 Å². The van der Waals surface area contributed by atoms with Crippen LogP contribution in [0, 0.1) is 0 Å². The number of carbonyl (C=O) groups is 1. The molecule has 1 aliphatic rings. The fourth-order valence-electron chi connectivity index (χ4n) is 1.31. The summed E-state index contributed by atoms with van der Waals surface area (Å²) in [5.74, 6) is 0. The highest BCUT2D eigenvalue weighted by Gasteiger charge is 2.23. The Kier molecular flexibility index (Phi) is 1.94. The van der Waals surface area contributed by atoms with E-state index in [1.165, 1.54) is 0 Å². The summed E-state index contributed by atoms with van der Waals surface area (Å²) in [6.45, 7) is 4.41. The smallest absolute Gasteiger partial charge is 0.315 e. The van der Waals surface area contributed by atoms with Crippen LogP contribution >= 0.6 is 0 Å². The molecule has 1 rings (SSSR count). The molecule has 2 N–H and O–H groups in total. The second-order valence-electron chi connectivity index (χ2n) is 2.48. The van der Waals surface area contributed by atoms with Gasteiger partial charge in [-0.2, -0.15) is 0 Å². The SMILES string of the molecule is C=CC1CCCN1C(N)=O. The molecule has 0 aromatic rings. The molecule has 0 aromatic carbocycles. The standard InChI is InChI=1S/C7H12N2O/c1-2-6-4-3-5-9(6)7(8)10/h2,6H,1,3-5H2,(H2,8,10). The van der Waals surface area contributed by atoms with Crippen LogP contribution in [0.1, 0.15) is 12.8 Å². The average Bonchev–Trinajstić information content (AvgIpc) is 2.33. The van der Waals surface area contributed by atoms with Crippen LogP contribution in [0.3, 0.4) is 0 Å². The first-order valence-electron chi connectivity index (χ1n) is 3.44. The molecule has 1 saturated heterocycles. The van der Waals surface area contributed by atoms with E-state index in [1.807, 2.05) is 0 Å². The van der Waals surface area contributed by atoms with Crippen molar-refractivity contribution < 1.29 is 4.79 Å². The highest BCUT2D eigenvalue weighted by atomic mass is 16.2. The number of carbonyl (C=O) groups excluding carboxylic acids is 1. The Bertz CT molecular complexity index is 156. The summed E-state index contributed by atoms with van der Waals surface area (Å²) in [5.41, 5.74) is 5.10. The van der Waals surface area contributed by atoms with E-state index in [9.17, 15) is 4.79 Å². The van der Waals surface area contributed by atoms with E-state index >= 15 is 0 Å². The molecule has 1 fully saturated rings. The maximum Gasteiger partial charge on any atom is 0.315 e. The van der Waals surface area contributed by atoms with Crippen molar-refractivity contribution in [1.29, 1.82) is 0 Å². The van der Waals surface area contributed by atoms with Crippen LogP contribution in [0.4, 0.5) is 4.79 Å². The van der Waals surface area contributed by atoms with Crippen molar-refractivity contribution in [3.05, 3.63) is 12.7 Å². The molecule has 1 atom stereocenters. The fourth-order valence-corrected chi connectivity index (χ4v) is 1.31. The number of nitrogens with zero attached hydrogens (tertiary/aromatic N) is 1. The summed E-state index contributed by atoms with van der Waals surface area (Å²) >= 11 is 0. The first-order chi connectivity index (χ1) is 4.75. The van der Waals surface area contributed by atoms with Gasteiger partial charge in [0.05, 0.1) is 6.04 Å². The third kappa shape index (κ3) is 1.12. The Balaban J connectivity index is 2.58. The minimum atomic E-state index is -0.331. The van der Waals surface area contributed by atoms with Gasteiger partial charge >= 0.3 is 6.03 Å². The summed E-state index contributed by atoms with van der Waals surface area (Å²) < 4.78 is 0. The molecule has 0 aromatic heterocycles. The molecular weight excluding hydrogens is 128 g/mol. The molecular formula is C7H12N2O. The molecule has 0 aliphatic carbocycles. The number of primary amides is 1. The van der Waals surface area contributed by atoms with Crippen molar-refractivity contribution in [2.45, 2.75) is 18.9 Å². The number of likely N-dealkylation sites (tertiary alicyclic amines) is 1. The van der Waals surface area contributed by atoms with Crippen LogP contribution < -0.4 is 5.73 Å². The maximum atomic E-state index is 10.7. The van der Waals surface area contributed by atoms with E-state index < -0.39 is 0 Å². The van der Waals surface area contributed by atoms with Crippen LogP contribution in [-0.4, -0.2) is 23.5 Å². The largest absolute Gasteiger partial charge is 0.351 e. The molecule has 10 heavy (non-hydrogen) atoms. The number of nitrogens with two attached hydrogens (primary N) is 1. The van der Waals surface area contributed by atoms with Crippen molar-refractivity contribution in [2.75, 3.05) is 6.54 Å². The average molecular weight is 140 g/mol. The maximum absolute atomic E-state index is 10.7. The van der Waals surface area contributed by atoms with Gasteiger partial charge in [0.25, 0.3) is 0 Å². The summed E-state index contributed by atoms with van der Waals surface area (Å²) in [4.78, 5) is 12.3. The van der Waals surface area contributed by atoms with E-state index in [0.717, 1.165) is 19.4 Å². The first-order valence-corrected chi connectivity index (χ1v) is 3.44. The van der Waals surface area contributed by atoms with Crippen LogP contribution in [0.25, 0.3) is 0 Å². The minimum absolute atomic E-state index is 0.178. The summed E-state index contributed by atoms with van der Waals surface area (Å²) in [6.07, 6.45) is 3.82. The van der Waals surface area contributed by atoms with E-state index in [1.54, 1.807) is 11.0 Å². The lowest BCUT2D eigenvalue weighted by molar-refractivity contribution is 0.210. The normalized spacial score (nSPS) is 24.8. The van der Waals surface area contributed by atoms with E-state index in [-0.39, 0.29) is 12.1 Å². The lowest BCUT2D eigenvalue weighted by Gasteiger charge is -2.18. The second kappa shape index (κ2) is 2.73. The van der Waals surface area contributed by atoms with E-state index in [4.69, 9.17) is 5.73 Å². The molecule has 3 nitrogen and oxygen atoms in total. The second-order valence-corrected chi connectivity index (χ2v) is 2.48. The summed E-state index contributed by atoms with van der Waals surface area (Å²) in [5, 5.41) is 0. The molecule has 56 valence electrons. The minimum Gasteiger partial charge on any atom is -0.351 e. The monoisotopic (exact) mass is 140 g/mol. The predicted octanol–water partition coefficient (Wildman–Crippen LogP) is 0.716. The van der Waals surface area contributed by atoms with Crippen LogP contribution in [0.2, 0.25) is 0 Å². The van der Waals surface area contributed by atoms with Crippen LogP contribution in [0.15, 0.2) is 12.7 Å². The van der Waals surface area contributed by atoms with Crippen molar-refractivity contribution in [2.24, 2.45) is 5.73 Å². The number of amides is 2. The quantitative estimate of drug-likeness (QED) is 0.536. The van der Waals surface area contributed by atoms with Crippen molar-refractivity contribution in [1.82, 2.24) is 4.90 Å². The fraction of sp³-hybridized carbons (Fsp3) is 0.571. The van der Waals surface area contributed by atoms with Crippen molar-refractivity contribution >= 4 is 6.03 Å². The van der Waals surface area contributed by atoms with Gasteiger partial charge in [-0.3, -0.25) is 0 Å². The highest BCUT2D eigenvalue weighted by molar-refractivity contribution is 5.72. The van der Waals surface area contributed by atoms with Gasteiger partial charge in [0.1, 0.15) is 0 Å². The van der Waals surface area contributed by atoms with Gasteiger partial charge in [0.2, 0.25) is 0 Å². The zero-order valence-corrected chi connectivity index (χ0v) is 5.92. The van der Waals surface area contributed by atoms with Gasteiger partial charge in [0.15, 0.2) is 0 Å². The van der Waals surface area contributed by atoms with Crippen molar-refractivity contribution in [3.63, 3.8) is 0 Å². The van der Waals surface area contributed by atoms with Gasteiger partial charge in [-0.25, -0.2) is 4.79 Å². The van der Waals surface area contributed by atoms with Gasteiger partial charge in [-0.05, 0) is 12.8 Å². The zero-order valence-electron chi connectivity index (χ0n) is 5.92. The molecule has 1 heterocycles. The third-order valence-electron chi connectivity index (χ3n) is 1.85. The predicted molar refractivity (Wildman–Crippen MR) is 39.5 cm³/mol. The van der Waals surface area contributed by atoms with Gasteiger partial charge in [-0.1, -0.05) is 6.08 Å². The van der Waals surface area contributed by atoms with E-state index in [0.29, 0.717) is 0 Å². The number of hydrogen-bond acceptors (Lipinski definition) is 1. The molecule has 2 amide bonds. The Morgan fingerprint density at radius 1 is 1.80 bits per heavy atom. The third-order valence-corrected chi connectivity index (χ3v) is 1.85. The Hall–Kier alpha value is -0.990. The number of urea groups is 1. The Morgan fingerprint density at radius 3 is 2.90 bits per heavy atom. The Morgan fingerprint density at radius 2 is 2.50 bits per heavy atom. The molecule has 1 unspecified atom stereocenters. The van der Waals surface area contributed by atoms with Crippen LogP contribution in [-0.2, 0) is 0 Å². The lowest BCUT2D eigenvalue weighted by Crippen LogP contribution is -2.38. The first kappa shape index (κ1) is 7.12. The van der Waals surface area contributed by atoms with Gasteiger partial charge in [-0.15, -0.1) is 6.58 Å². The summed E-state index contributed by atoms with van der Waals surface area (Å²) in [6, 6.07) is -0.153. The molecule has 1 aliphatic heterocycles. The molecule has 0 saturated carbocycles. The molecule has 0 bridgehead atoms. The van der Waals surface area contributed by atoms with Crippen LogP contribution in [0.5, 0.6) is 0 Å².